The molecule has 0 saturated heterocycles. The highest BCUT2D eigenvalue weighted by atomic mass is 14.6. The molecule has 2 N–H and O–H groups in total. The maximum atomic E-state index is 5.97. The number of aromatic nitrogens is 1. The Kier molecular flexibility index (Phi) is 3.28. The molecule has 1 fully saturated rings. The fraction of sp³-hybridized carbons (Fsp3) is 0.438. The summed E-state index contributed by atoms with van der Waals surface area (Å²) in [6.45, 7) is 0. The number of rotatable bonds is 2. The van der Waals surface area contributed by atoms with Crippen molar-refractivity contribution in [3.8, 4) is 0 Å². The Bertz CT molecular complexity index is 522. The van der Waals surface area contributed by atoms with E-state index in [4.69, 9.17) is 5.73 Å². The van der Waals surface area contributed by atoms with Crippen LogP contribution in [0.2, 0.25) is 0 Å². The maximum Gasteiger partial charge on any atom is 0.0704 e. The van der Waals surface area contributed by atoms with Gasteiger partial charge in [0.1, 0.15) is 0 Å². The number of nitrogens with zero attached hydrogens (tertiary/aromatic N) is 1. The Morgan fingerprint density at radius 3 is 2.67 bits per heavy atom. The molecule has 1 heterocycles. The number of hydrogen-bond acceptors (Lipinski definition) is 2. The monoisotopic (exact) mass is 240 g/mol. The van der Waals surface area contributed by atoms with E-state index >= 15 is 0 Å². The van der Waals surface area contributed by atoms with Crippen LogP contribution in [0.25, 0.3) is 10.9 Å². The largest absolute Gasteiger partial charge is 0.328 e. The minimum Gasteiger partial charge on any atom is -0.328 e. The Labute approximate surface area is 108 Å². The van der Waals surface area contributed by atoms with Crippen molar-refractivity contribution in [2.45, 2.75) is 38.1 Å². The molecule has 0 atom stereocenters. The highest BCUT2D eigenvalue weighted by molar-refractivity contribution is 5.81. The van der Waals surface area contributed by atoms with E-state index in [-0.39, 0.29) is 0 Å². The van der Waals surface area contributed by atoms with Crippen LogP contribution in [0.3, 0.4) is 0 Å². The third-order valence-corrected chi connectivity index (χ3v) is 4.14. The summed E-state index contributed by atoms with van der Waals surface area (Å²) >= 11 is 0. The van der Waals surface area contributed by atoms with E-state index in [0.717, 1.165) is 11.4 Å². The van der Waals surface area contributed by atoms with E-state index in [2.05, 4.69) is 35.3 Å². The molecule has 2 nitrogen and oxygen atoms in total. The molecule has 1 saturated carbocycles. The van der Waals surface area contributed by atoms with E-state index in [1.165, 1.54) is 43.1 Å². The fourth-order valence-electron chi connectivity index (χ4n) is 3.04. The number of fused-ring (bicyclic) bond motifs is 1. The SMILES string of the molecule is NC1CCC(Cc2ccnc3ccccc23)CC1. The van der Waals surface area contributed by atoms with Crippen LogP contribution in [0.5, 0.6) is 0 Å². The van der Waals surface area contributed by atoms with Crippen molar-refractivity contribution in [2.75, 3.05) is 0 Å². The van der Waals surface area contributed by atoms with E-state index < -0.39 is 0 Å². The first-order valence-corrected chi connectivity index (χ1v) is 6.91. The number of pyridine rings is 1. The highest BCUT2D eigenvalue weighted by Gasteiger charge is 2.19. The van der Waals surface area contributed by atoms with Crippen LogP contribution in [0, 0.1) is 5.92 Å². The summed E-state index contributed by atoms with van der Waals surface area (Å²) in [7, 11) is 0. The van der Waals surface area contributed by atoms with Gasteiger partial charge in [-0.2, -0.15) is 0 Å². The summed E-state index contributed by atoms with van der Waals surface area (Å²) in [5, 5.41) is 1.31. The van der Waals surface area contributed by atoms with Gasteiger partial charge in [-0.1, -0.05) is 18.2 Å². The highest BCUT2D eigenvalue weighted by Crippen LogP contribution is 2.28. The lowest BCUT2D eigenvalue weighted by Gasteiger charge is -2.26. The Hall–Kier alpha value is -1.41. The van der Waals surface area contributed by atoms with Gasteiger partial charge >= 0.3 is 0 Å². The normalized spacial score (nSPS) is 24.3. The molecule has 1 aromatic heterocycles. The summed E-state index contributed by atoms with van der Waals surface area (Å²) in [5.41, 5.74) is 8.53. The molecule has 18 heavy (non-hydrogen) atoms. The van der Waals surface area contributed by atoms with Crippen molar-refractivity contribution >= 4 is 10.9 Å². The molecule has 94 valence electrons. The number of para-hydroxylation sites is 1. The van der Waals surface area contributed by atoms with Crippen molar-refractivity contribution < 1.29 is 0 Å². The fourth-order valence-corrected chi connectivity index (χ4v) is 3.04. The van der Waals surface area contributed by atoms with Crippen LogP contribution in [0.15, 0.2) is 36.5 Å². The quantitative estimate of drug-likeness (QED) is 0.874. The van der Waals surface area contributed by atoms with Gasteiger partial charge < -0.3 is 5.73 Å². The molecule has 1 aliphatic rings. The van der Waals surface area contributed by atoms with Crippen molar-refractivity contribution in [3.63, 3.8) is 0 Å². The van der Waals surface area contributed by atoms with Gasteiger partial charge in [0, 0.05) is 17.6 Å². The molecule has 3 rings (SSSR count). The molecule has 0 amide bonds. The first kappa shape index (κ1) is 11.7. The van der Waals surface area contributed by atoms with Gasteiger partial charge in [-0.05, 0) is 55.7 Å². The predicted molar refractivity (Wildman–Crippen MR) is 75.4 cm³/mol. The average molecular weight is 240 g/mol. The standard InChI is InChI=1S/C16H20N2/c17-14-7-5-12(6-8-14)11-13-9-10-18-16-4-2-1-3-15(13)16/h1-4,9-10,12,14H,5-8,11,17H2. The summed E-state index contributed by atoms with van der Waals surface area (Å²) in [6, 6.07) is 11.1. The Balaban J connectivity index is 1.82. The van der Waals surface area contributed by atoms with E-state index in [1.54, 1.807) is 0 Å². The lowest BCUT2D eigenvalue weighted by atomic mass is 9.82. The van der Waals surface area contributed by atoms with Crippen molar-refractivity contribution in [2.24, 2.45) is 11.7 Å². The second kappa shape index (κ2) is 5.07. The molecule has 0 spiro atoms. The average Bonchev–Trinajstić information content (AvgIpc) is 2.42. The number of hydrogen-bond donors (Lipinski definition) is 1. The lowest BCUT2D eigenvalue weighted by Crippen LogP contribution is -2.27. The lowest BCUT2D eigenvalue weighted by molar-refractivity contribution is 0.325. The molecule has 1 aliphatic carbocycles. The Morgan fingerprint density at radius 1 is 1.06 bits per heavy atom. The van der Waals surface area contributed by atoms with Crippen LogP contribution in [-0.4, -0.2) is 11.0 Å². The second-order valence-corrected chi connectivity index (χ2v) is 5.47. The molecule has 0 radical (unpaired) electrons. The van der Waals surface area contributed by atoms with Gasteiger partial charge in [0.15, 0.2) is 0 Å². The van der Waals surface area contributed by atoms with Gasteiger partial charge in [-0.25, -0.2) is 0 Å². The van der Waals surface area contributed by atoms with Gasteiger partial charge in [0.05, 0.1) is 5.52 Å². The summed E-state index contributed by atoms with van der Waals surface area (Å²) in [5.74, 6) is 0.801. The van der Waals surface area contributed by atoms with Gasteiger partial charge in [0.2, 0.25) is 0 Å². The van der Waals surface area contributed by atoms with Crippen LogP contribution >= 0.6 is 0 Å². The third-order valence-electron chi connectivity index (χ3n) is 4.14. The zero-order chi connectivity index (χ0) is 12.4. The first-order valence-electron chi connectivity index (χ1n) is 6.91. The minimum atomic E-state index is 0.440. The third kappa shape index (κ3) is 2.39. The van der Waals surface area contributed by atoms with Crippen LogP contribution < -0.4 is 5.73 Å². The van der Waals surface area contributed by atoms with E-state index in [1.807, 2.05) is 6.20 Å². The zero-order valence-corrected chi connectivity index (χ0v) is 10.7. The summed E-state index contributed by atoms with van der Waals surface area (Å²) in [6.07, 6.45) is 8.04. The Morgan fingerprint density at radius 2 is 1.83 bits per heavy atom. The molecule has 2 heteroatoms. The van der Waals surface area contributed by atoms with Crippen LogP contribution in [0.4, 0.5) is 0 Å². The van der Waals surface area contributed by atoms with Gasteiger partial charge in [0.25, 0.3) is 0 Å². The van der Waals surface area contributed by atoms with Gasteiger partial charge in [-0.15, -0.1) is 0 Å². The van der Waals surface area contributed by atoms with Crippen LogP contribution in [-0.2, 0) is 6.42 Å². The molecular formula is C16H20N2. The van der Waals surface area contributed by atoms with E-state index in [0.29, 0.717) is 6.04 Å². The topological polar surface area (TPSA) is 38.9 Å². The summed E-state index contributed by atoms with van der Waals surface area (Å²) in [4.78, 5) is 4.43. The molecule has 1 aromatic carbocycles. The van der Waals surface area contributed by atoms with Gasteiger partial charge in [-0.3, -0.25) is 4.98 Å². The zero-order valence-electron chi connectivity index (χ0n) is 10.7. The first-order chi connectivity index (χ1) is 8.83. The molecule has 2 aromatic rings. The van der Waals surface area contributed by atoms with Crippen molar-refractivity contribution in [1.82, 2.24) is 4.98 Å². The number of nitrogens with two attached hydrogens (primary N) is 1. The predicted octanol–water partition coefficient (Wildman–Crippen LogP) is 3.29. The molecule has 0 aliphatic heterocycles. The second-order valence-electron chi connectivity index (χ2n) is 5.47. The molecule has 0 bridgehead atoms. The molecular weight excluding hydrogens is 220 g/mol. The summed E-state index contributed by atoms with van der Waals surface area (Å²) < 4.78 is 0. The number of benzene rings is 1. The van der Waals surface area contributed by atoms with E-state index in [9.17, 15) is 0 Å². The minimum absolute atomic E-state index is 0.440. The van der Waals surface area contributed by atoms with Crippen molar-refractivity contribution in [1.29, 1.82) is 0 Å². The maximum absolute atomic E-state index is 5.97. The van der Waals surface area contributed by atoms with Crippen molar-refractivity contribution in [3.05, 3.63) is 42.1 Å². The molecule has 0 unspecified atom stereocenters. The van der Waals surface area contributed by atoms with Crippen LogP contribution in [0.1, 0.15) is 31.2 Å². The smallest absolute Gasteiger partial charge is 0.0704 e.